The van der Waals surface area contributed by atoms with Gasteiger partial charge in [-0.3, -0.25) is 4.68 Å². The van der Waals surface area contributed by atoms with E-state index < -0.39 is 0 Å². The number of anilines is 1. The zero-order chi connectivity index (χ0) is 13.5. The van der Waals surface area contributed by atoms with Gasteiger partial charge in [-0.1, -0.05) is 19.3 Å². The second-order valence-electron chi connectivity index (χ2n) is 6.27. The number of nitrogens with two attached hydrogens (primary N) is 1. The first-order valence-corrected chi connectivity index (χ1v) is 7.56. The molecule has 1 aliphatic heterocycles. The van der Waals surface area contributed by atoms with Crippen LogP contribution >= 0.6 is 0 Å². The van der Waals surface area contributed by atoms with Crippen molar-refractivity contribution in [3.63, 3.8) is 0 Å². The van der Waals surface area contributed by atoms with Crippen LogP contribution in [0.2, 0.25) is 0 Å². The van der Waals surface area contributed by atoms with Crippen LogP contribution in [-0.2, 0) is 4.74 Å². The maximum atomic E-state index is 6.16. The van der Waals surface area contributed by atoms with E-state index in [2.05, 4.69) is 16.7 Å². The van der Waals surface area contributed by atoms with Gasteiger partial charge in [0.25, 0.3) is 0 Å². The summed E-state index contributed by atoms with van der Waals surface area (Å²) in [5.41, 5.74) is 9.12. The maximum absolute atomic E-state index is 6.16. The van der Waals surface area contributed by atoms with Crippen LogP contribution in [-0.4, -0.2) is 22.0 Å². The molecular weight excluding hydrogens is 238 g/mol. The van der Waals surface area contributed by atoms with Crippen molar-refractivity contribution in [3.05, 3.63) is 11.4 Å². The molecule has 3 rings (SSSR count). The summed E-state index contributed by atoms with van der Waals surface area (Å²) >= 11 is 0. The summed E-state index contributed by atoms with van der Waals surface area (Å²) in [6.07, 6.45) is 8.59. The van der Waals surface area contributed by atoms with Crippen molar-refractivity contribution in [2.75, 3.05) is 12.3 Å². The second-order valence-corrected chi connectivity index (χ2v) is 6.27. The molecule has 1 atom stereocenters. The van der Waals surface area contributed by atoms with Crippen molar-refractivity contribution >= 4 is 5.69 Å². The van der Waals surface area contributed by atoms with Crippen LogP contribution < -0.4 is 5.73 Å². The molecule has 1 spiro atoms. The molecule has 0 amide bonds. The Morgan fingerprint density at radius 2 is 2.00 bits per heavy atom. The summed E-state index contributed by atoms with van der Waals surface area (Å²) in [6.45, 7) is 4.94. The van der Waals surface area contributed by atoms with Gasteiger partial charge in [0.1, 0.15) is 0 Å². The maximum Gasteiger partial charge on any atom is 0.0826 e. The number of hydrogen-bond donors (Lipinski definition) is 1. The van der Waals surface area contributed by atoms with E-state index in [1.807, 2.05) is 6.92 Å². The lowest BCUT2D eigenvalue weighted by molar-refractivity contribution is -0.115. The van der Waals surface area contributed by atoms with E-state index in [9.17, 15) is 0 Å². The second kappa shape index (κ2) is 4.82. The topological polar surface area (TPSA) is 53.1 Å². The van der Waals surface area contributed by atoms with E-state index in [-0.39, 0.29) is 5.60 Å². The van der Waals surface area contributed by atoms with Crippen molar-refractivity contribution in [2.24, 2.45) is 0 Å². The highest BCUT2D eigenvalue weighted by molar-refractivity contribution is 5.47. The molecule has 1 unspecified atom stereocenters. The highest BCUT2D eigenvalue weighted by Crippen LogP contribution is 2.42. The van der Waals surface area contributed by atoms with Crippen LogP contribution in [0, 0.1) is 13.8 Å². The van der Waals surface area contributed by atoms with Crippen LogP contribution in [0.3, 0.4) is 0 Å². The largest absolute Gasteiger partial charge is 0.396 e. The van der Waals surface area contributed by atoms with E-state index in [4.69, 9.17) is 10.5 Å². The third kappa shape index (κ3) is 2.27. The molecule has 106 valence electrons. The number of hydrogen-bond acceptors (Lipinski definition) is 3. The minimum Gasteiger partial charge on any atom is -0.396 e. The normalized spacial score (nSPS) is 26.7. The third-order valence-electron chi connectivity index (χ3n) is 4.96. The molecule has 4 heteroatoms. The van der Waals surface area contributed by atoms with Crippen molar-refractivity contribution in [2.45, 2.75) is 70.4 Å². The van der Waals surface area contributed by atoms with E-state index >= 15 is 0 Å². The number of aryl methyl sites for hydroxylation is 1. The Labute approximate surface area is 115 Å². The molecule has 1 aromatic rings. The zero-order valence-electron chi connectivity index (χ0n) is 12.1. The number of aromatic nitrogens is 2. The van der Waals surface area contributed by atoms with E-state index in [0.717, 1.165) is 36.5 Å². The highest BCUT2D eigenvalue weighted by Gasteiger charge is 2.39. The summed E-state index contributed by atoms with van der Waals surface area (Å²) in [4.78, 5) is 0. The summed E-state index contributed by atoms with van der Waals surface area (Å²) in [5, 5.41) is 4.65. The fraction of sp³-hybridized carbons (Fsp3) is 0.800. The Kier molecular flexibility index (Phi) is 3.29. The molecule has 4 nitrogen and oxygen atoms in total. The first-order chi connectivity index (χ1) is 9.11. The molecule has 0 bridgehead atoms. The van der Waals surface area contributed by atoms with Crippen molar-refractivity contribution in [1.82, 2.24) is 9.78 Å². The minimum absolute atomic E-state index is 0.127. The van der Waals surface area contributed by atoms with Crippen LogP contribution in [0.25, 0.3) is 0 Å². The number of nitrogen functional groups attached to an aromatic ring is 1. The average Bonchev–Trinajstić information content (AvgIpc) is 2.68. The molecule has 2 heterocycles. The summed E-state index contributed by atoms with van der Waals surface area (Å²) in [5.74, 6) is 0. The summed E-state index contributed by atoms with van der Waals surface area (Å²) in [7, 11) is 0. The van der Waals surface area contributed by atoms with Crippen molar-refractivity contribution in [3.8, 4) is 0 Å². The lowest BCUT2D eigenvalue weighted by Gasteiger charge is -2.43. The van der Waals surface area contributed by atoms with E-state index in [0.29, 0.717) is 6.04 Å². The quantitative estimate of drug-likeness (QED) is 0.847. The lowest BCUT2D eigenvalue weighted by Crippen LogP contribution is -2.42. The van der Waals surface area contributed by atoms with Gasteiger partial charge < -0.3 is 10.5 Å². The predicted octanol–water partition coefficient (Wildman–Crippen LogP) is 3.14. The molecule has 2 aliphatic rings. The highest BCUT2D eigenvalue weighted by atomic mass is 16.5. The number of rotatable bonds is 1. The van der Waals surface area contributed by atoms with Gasteiger partial charge in [0, 0.05) is 6.61 Å². The molecule has 1 aliphatic carbocycles. The molecule has 2 fully saturated rings. The van der Waals surface area contributed by atoms with Gasteiger partial charge in [-0.05, 0) is 39.5 Å². The van der Waals surface area contributed by atoms with Gasteiger partial charge in [-0.15, -0.1) is 0 Å². The fourth-order valence-corrected chi connectivity index (χ4v) is 3.79. The average molecular weight is 263 g/mol. The summed E-state index contributed by atoms with van der Waals surface area (Å²) < 4.78 is 8.32. The van der Waals surface area contributed by atoms with Crippen LogP contribution in [0.4, 0.5) is 5.69 Å². The fourth-order valence-electron chi connectivity index (χ4n) is 3.79. The van der Waals surface area contributed by atoms with Gasteiger partial charge >= 0.3 is 0 Å². The van der Waals surface area contributed by atoms with Crippen molar-refractivity contribution < 1.29 is 4.74 Å². The van der Waals surface area contributed by atoms with Gasteiger partial charge in [0.15, 0.2) is 0 Å². The Balaban J connectivity index is 1.83. The molecule has 1 saturated heterocycles. The van der Waals surface area contributed by atoms with Gasteiger partial charge in [0.05, 0.1) is 28.7 Å². The van der Waals surface area contributed by atoms with Crippen molar-refractivity contribution in [1.29, 1.82) is 0 Å². The monoisotopic (exact) mass is 263 g/mol. The van der Waals surface area contributed by atoms with Crippen LogP contribution in [0.15, 0.2) is 0 Å². The Morgan fingerprint density at radius 1 is 1.26 bits per heavy atom. The Morgan fingerprint density at radius 3 is 2.63 bits per heavy atom. The standard InChI is InChI=1S/C15H25N3O/c1-11-14(16)12(2)18(17-11)13-6-9-19-15(10-13)7-4-3-5-8-15/h13H,3-10,16H2,1-2H3. The molecule has 2 N–H and O–H groups in total. The SMILES string of the molecule is Cc1nn(C2CCOC3(CCCCC3)C2)c(C)c1N. The third-order valence-corrected chi connectivity index (χ3v) is 4.96. The van der Waals surface area contributed by atoms with Gasteiger partial charge in [-0.25, -0.2) is 0 Å². The number of ether oxygens (including phenoxy) is 1. The molecular formula is C15H25N3O. The first-order valence-electron chi connectivity index (χ1n) is 7.56. The van der Waals surface area contributed by atoms with Gasteiger partial charge in [-0.2, -0.15) is 5.10 Å². The smallest absolute Gasteiger partial charge is 0.0826 e. The molecule has 0 aromatic carbocycles. The Hall–Kier alpha value is -1.03. The van der Waals surface area contributed by atoms with Gasteiger partial charge in [0.2, 0.25) is 0 Å². The lowest BCUT2D eigenvalue weighted by atomic mass is 9.78. The first kappa shape index (κ1) is 13.0. The minimum atomic E-state index is 0.127. The molecule has 1 saturated carbocycles. The van der Waals surface area contributed by atoms with E-state index in [1.54, 1.807) is 0 Å². The number of nitrogens with zero attached hydrogens (tertiary/aromatic N) is 2. The molecule has 1 aromatic heterocycles. The molecule has 0 radical (unpaired) electrons. The van der Waals surface area contributed by atoms with Crippen LogP contribution in [0.1, 0.15) is 62.4 Å². The van der Waals surface area contributed by atoms with Crippen LogP contribution in [0.5, 0.6) is 0 Å². The van der Waals surface area contributed by atoms with E-state index in [1.165, 1.54) is 32.1 Å². The predicted molar refractivity (Wildman–Crippen MR) is 76.2 cm³/mol. The Bertz CT molecular complexity index is 455. The zero-order valence-corrected chi connectivity index (χ0v) is 12.1. The molecule has 19 heavy (non-hydrogen) atoms. The summed E-state index contributed by atoms with van der Waals surface area (Å²) in [6, 6.07) is 0.461.